The predicted molar refractivity (Wildman–Crippen MR) is 112 cm³/mol. The SMILES string of the molecule is COc1ccc(Cn2ccc3cc(NC4CCNC4)ccc3c2=O)cc1.Cl. The van der Waals surface area contributed by atoms with E-state index in [4.69, 9.17) is 4.74 Å². The van der Waals surface area contributed by atoms with Gasteiger partial charge in [-0.05, 0) is 60.3 Å². The van der Waals surface area contributed by atoms with Gasteiger partial charge < -0.3 is 19.9 Å². The molecule has 1 aliphatic heterocycles. The van der Waals surface area contributed by atoms with Crippen molar-refractivity contribution in [2.45, 2.75) is 19.0 Å². The van der Waals surface area contributed by atoms with Crippen LogP contribution in [-0.2, 0) is 6.54 Å². The fourth-order valence-electron chi connectivity index (χ4n) is 3.44. The fraction of sp³-hybridized carbons (Fsp3) is 0.286. The molecule has 1 aromatic heterocycles. The molecule has 0 aliphatic carbocycles. The maximum Gasteiger partial charge on any atom is 0.258 e. The van der Waals surface area contributed by atoms with Crippen LogP contribution >= 0.6 is 12.4 Å². The van der Waals surface area contributed by atoms with E-state index in [1.807, 2.05) is 48.7 Å². The molecule has 1 saturated heterocycles. The average Bonchev–Trinajstić information content (AvgIpc) is 3.18. The van der Waals surface area contributed by atoms with Crippen LogP contribution in [0.25, 0.3) is 10.8 Å². The molecule has 0 amide bonds. The first-order chi connectivity index (χ1) is 12.7. The second kappa shape index (κ2) is 8.46. The number of benzene rings is 2. The van der Waals surface area contributed by atoms with Crippen molar-refractivity contribution in [3.63, 3.8) is 0 Å². The molecule has 142 valence electrons. The number of hydrogen-bond acceptors (Lipinski definition) is 4. The van der Waals surface area contributed by atoms with Crippen LogP contribution in [0.15, 0.2) is 59.5 Å². The highest BCUT2D eigenvalue weighted by molar-refractivity contribution is 5.85. The lowest BCUT2D eigenvalue weighted by Crippen LogP contribution is -2.22. The van der Waals surface area contributed by atoms with Crippen LogP contribution in [-0.4, -0.2) is 30.8 Å². The smallest absolute Gasteiger partial charge is 0.258 e. The maximum absolute atomic E-state index is 12.8. The molecule has 1 unspecified atom stereocenters. The zero-order valence-electron chi connectivity index (χ0n) is 15.3. The summed E-state index contributed by atoms with van der Waals surface area (Å²) >= 11 is 0. The summed E-state index contributed by atoms with van der Waals surface area (Å²) in [6.45, 7) is 2.59. The second-order valence-corrected chi connectivity index (χ2v) is 6.73. The van der Waals surface area contributed by atoms with Gasteiger partial charge in [-0.25, -0.2) is 0 Å². The van der Waals surface area contributed by atoms with Crippen LogP contribution in [0.4, 0.5) is 5.69 Å². The summed E-state index contributed by atoms with van der Waals surface area (Å²) in [5.41, 5.74) is 2.17. The third-order valence-corrected chi connectivity index (χ3v) is 4.92. The topological polar surface area (TPSA) is 55.3 Å². The van der Waals surface area contributed by atoms with Crippen molar-refractivity contribution in [2.75, 3.05) is 25.5 Å². The first-order valence-corrected chi connectivity index (χ1v) is 8.96. The van der Waals surface area contributed by atoms with Gasteiger partial charge in [-0.1, -0.05) is 12.1 Å². The molecule has 2 N–H and O–H groups in total. The Balaban J connectivity index is 0.00000210. The summed E-state index contributed by atoms with van der Waals surface area (Å²) in [4.78, 5) is 12.8. The van der Waals surface area contributed by atoms with Gasteiger partial charge in [0.1, 0.15) is 5.75 Å². The highest BCUT2D eigenvalue weighted by Crippen LogP contribution is 2.19. The minimum Gasteiger partial charge on any atom is -0.497 e. The van der Waals surface area contributed by atoms with E-state index in [1.165, 1.54) is 0 Å². The summed E-state index contributed by atoms with van der Waals surface area (Å²) in [5.74, 6) is 0.817. The Bertz CT molecular complexity index is 963. The van der Waals surface area contributed by atoms with E-state index in [0.29, 0.717) is 12.6 Å². The Hall–Kier alpha value is -2.50. The molecule has 27 heavy (non-hydrogen) atoms. The normalized spacial score (nSPS) is 16.1. The molecule has 5 nitrogen and oxygen atoms in total. The molecule has 3 aromatic rings. The Morgan fingerprint density at radius 2 is 2.00 bits per heavy atom. The number of nitrogens with one attached hydrogen (secondary N) is 2. The standard InChI is InChI=1S/C21H23N3O2.ClH/c1-26-19-5-2-15(3-6-19)14-24-11-9-16-12-17(4-7-20(16)21(24)25)23-18-8-10-22-13-18;/h2-7,9,11-12,18,22-23H,8,10,13-14H2,1H3;1H. The van der Waals surface area contributed by atoms with Crippen molar-refractivity contribution in [3.8, 4) is 5.75 Å². The van der Waals surface area contributed by atoms with E-state index in [1.54, 1.807) is 11.7 Å². The number of rotatable bonds is 5. The molecule has 1 atom stereocenters. The molecular weight excluding hydrogens is 362 g/mol. The molecule has 0 saturated carbocycles. The van der Waals surface area contributed by atoms with Gasteiger partial charge in [0.25, 0.3) is 5.56 Å². The van der Waals surface area contributed by atoms with Crippen molar-refractivity contribution in [3.05, 3.63) is 70.6 Å². The molecule has 4 rings (SSSR count). The zero-order valence-corrected chi connectivity index (χ0v) is 16.1. The van der Waals surface area contributed by atoms with Gasteiger partial charge in [0.2, 0.25) is 0 Å². The van der Waals surface area contributed by atoms with Gasteiger partial charge in [0.15, 0.2) is 0 Å². The maximum atomic E-state index is 12.8. The van der Waals surface area contributed by atoms with E-state index in [0.717, 1.165) is 47.3 Å². The van der Waals surface area contributed by atoms with Crippen LogP contribution in [0.1, 0.15) is 12.0 Å². The number of anilines is 1. The van der Waals surface area contributed by atoms with Crippen LogP contribution < -0.4 is 20.9 Å². The second-order valence-electron chi connectivity index (χ2n) is 6.73. The van der Waals surface area contributed by atoms with Gasteiger partial charge in [-0.15, -0.1) is 12.4 Å². The molecule has 0 spiro atoms. The fourth-order valence-corrected chi connectivity index (χ4v) is 3.44. The van der Waals surface area contributed by atoms with E-state index in [2.05, 4.69) is 16.7 Å². The summed E-state index contributed by atoms with van der Waals surface area (Å²) in [6, 6.07) is 16.3. The number of halogens is 1. The van der Waals surface area contributed by atoms with E-state index < -0.39 is 0 Å². The first kappa shape index (κ1) is 19.3. The number of fused-ring (bicyclic) bond motifs is 1. The molecule has 6 heteroatoms. The third-order valence-electron chi connectivity index (χ3n) is 4.92. The van der Waals surface area contributed by atoms with E-state index in [9.17, 15) is 4.79 Å². The highest BCUT2D eigenvalue weighted by Gasteiger charge is 2.14. The molecular formula is C21H24ClN3O2. The molecule has 2 aromatic carbocycles. The molecule has 0 bridgehead atoms. The largest absolute Gasteiger partial charge is 0.497 e. The van der Waals surface area contributed by atoms with Crippen LogP contribution in [0.3, 0.4) is 0 Å². The molecule has 1 aliphatic rings. The zero-order chi connectivity index (χ0) is 17.9. The first-order valence-electron chi connectivity index (χ1n) is 8.96. The summed E-state index contributed by atoms with van der Waals surface area (Å²) in [6.07, 6.45) is 3.00. The number of methoxy groups -OCH3 is 1. The quantitative estimate of drug-likeness (QED) is 0.707. The number of pyridine rings is 1. The lowest BCUT2D eigenvalue weighted by Gasteiger charge is -2.14. The lowest BCUT2D eigenvalue weighted by molar-refractivity contribution is 0.414. The monoisotopic (exact) mass is 385 g/mol. The number of hydrogen-bond donors (Lipinski definition) is 2. The number of aromatic nitrogens is 1. The highest BCUT2D eigenvalue weighted by atomic mass is 35.5. The van der Waals surface area contributed by atoms with Gasteiger partial charge in [0, 0.05) is 29.9 Å². The minimum atomic E-state index is 0. The van der Waals surface area contributed by atoms with Crippen molar-refractivity contribution in [2.24, 2.45) is 0 Å². The van der Waals surface area contributed by atoms with Gasteiger partial charge in [0.05, 0.1) is 13.7 Å². The van der Waals surface area contributed by atoms with Gasteiger partial charge >= 0.3 is 0 Å². The van der Waals surface area contributed by atoms with Crippen molar-refractivity contribution in [1.82, 2.24) is 9.88 Å². The van der Waals surface area contributed by atoms with Crippen molar-refractivity contribution < 1.29 is 4.74 Å². The Morgan fingerprint density at radius 3 is 2.70 bits per heavy atom. The lowest BCUT2D eigenvalue weighted by atomic mass is 10.1. The van der Waals surface area contributed by atoms with Crippen molar-refractivity contribution in [1.29, 1.82) is 0 Å². The van der Waals surface area contributed by atoms with Gasteiger partial charge in [-0.2, -0.15) is 0 Å². The number of ether oxygens (including phenoxy) is 1. The summed E-state index contributed by atoms with van der Waals surface area (Å²) in [5, 5.41) is 8.60. The summed E-state index contributed by atoms with van der Waals surface area (Å²) < 4.78 is 6.93. The number of nitrogens with zero attached hydrogens (tertiary/aromatic N) is 1. The van der Waals surface area contributed by atoms with Gasteiger partial charge in [-0.3, -0.25) is 4.79 Å². The Labute approximate surface area is 164 Å². The van der Waals surface area contributed by atoms with Crippen LogP contribution in [0.5, 0.6) is 5.75 Å². The average molecular weight is 386 g/mol. The summed E-state index contributed by atoms with van der Waals surface area (Å²) in [7, 11) is 1.65. The Morgan fingerprint density at radius 1 is 1.19 bits per heavy atom. The van der Waals surface area contributed by atoms with E-state index >= 15 is 0 Å². The predicted octanol–water partition coefficient (Wildman–Crippen LogP) is 3.25. The van der Waals surface area contributed by atoms with Crippen molar-refractivity contribution >= 4 is 28.9 Å². The Kier molecular flexibility index (Phi) is 6.04. The van der Waals surface area contributed by atoms with E-state index in [-0.39, 0.29) is 18.0 Å². The molecule has 0 radical (unpaired) electrons. The third kappa shape index (κ3) is 4.26. The molecule has 2 heterocycles. The van der Waals surface area contributed by atoms with Crippen LogP contribution in [0, 0.1) is 0 Å². The molecule has 1 fully saturated rings. The van der Waals surface area contributed by atoms with Crippen LogP contribution in [0.2, 0.25) is 0 Å². The minimum absolute atomic E-state index is 0.